The number of thiophene rings is 4. The summed E-state index contributed by atoms with van der Waals surface area (Å²) in [6, 6.07) is 13.5. The monoisotopic (exact) mass is 476 g/mol. The van der Waals surface area contributed by atoms with Gasteiger partial charge >= 0.3 is 0 Å². The summed E-state index contributed by atoms with van der Waals surface area (Å²) < 4.78 is 8.02. The number of benzene rings is 2. The number of hydrogen-bond donors (Lipinski definition) is 0. The molecule has 32 heavy (non-hydrogen) atoms. The van der Waals surface area contributed by atoms with E-state index in [2.05, 4.69) is 83.8 Å². The molecule has 0 spiro atoms. The van der Waals surface area contributed by atoms with Gasteiger partial charge in [0.15, 0.2) is 0 Å². The van der Waals surface area contributed by atoms with E-state index in [1.165, 1.54) is 49.7 Å². The summed E-state index contributed by atoms with van der Waals surface area (Å²) in [5, 5.41) is 5.28. The van der Waals surface area contributed by atoms with Crippen LogP contribution >= 0.6 is 45.3 Å². The predicted octanol–water partition coefficient (Wildman–Crippen LogP) is 8.45. The van der Waals surface area contributed by atoms with Gasteiger partial charge in [-0.25, -0.2) is 0 Å². The summed E-state index contributed by atoms with van der Waals surface area (Å²) in [4.78, 5) is 2.14. The maximum absolute atomic E-state index is 3.18. The van der Waals surface area contributed by atoms with Gasteiger partial charge in [0.1, 0.15) is 0 Å². The van der Waals surface area contributed by atoms with Crippen LogP contribution in [0.1, 0.15) is 23.6 Å². The second-order valence-corrected chi connectivity index (χ2v) is 11.3. The lowest BCUT2D eigenvalue weighted by Crippen LogP contribution is -1.65. The summed E-state index contributed by atoms with van der Waals surface area (Å²) in [6.07, 6.45) is 0. The highest BCUT2D eigenvalue weighted by atomic mass is 32.1. The quantitative estimate of drug-likeness (QED) is 0.193. The third kappa shape index (κ3) is 3.02. The SMILES string of the molecule is CC#CC#Cc1cc2c(ccc3c2sc2c4ccc5sc(C#CC#CC)cc5c4sc32)s1. The Bertz CT molecular complexity index is 1820. The molecule has 0 unspecified atom stereocenters. The van der Waals surface area contributed by atoms with Crippen molar-refractivity contribution in [2.24, 2.45) is 0 Å². The fourth-order valence-corrected chi connectivity index (χ4v) is 8.68. The molecule has 0 saturated heterocycles. The van der Waals surface area contributed by atoms with Crippen molar-refractivity contribution in [3.05, 3.63) is 46.2 Å². The van der Waals surface area contributed by atoms with E-state index in [4.69, 9.17) is 0 Å². The fraction of sp³-hybridized carbons (Fsp3) is 0.0714. The molecule has 4 heteroatoms. The Labute approximate surface area is 201 Å². The van der Waals surface area contributed by atoms with Gasteiger partial charge < -0.3 is 0 Å². The van der Waals surface area contributed by atoms with Gasteiger partial charge in [-0.05, 0) is 73.6 Å². The third-order valence-electron chi connectivity index (χ3n) is 5.15. The fourth-order valence-electron chi connectivity index (χ4n) is 3.84. The molecule has 2 aromatic carbocycles. The van der Waals surface area contributed by atoms with Crippen LogP contribution in [0, 0.1) is 47.4 Å². The Morgan fingerprint density at radius 1 is 0.500 bits per heavy atom. The molecule has 0 amide bonds. The van der Waals surface area contributed by atoms with Crippen molar-refractivity contribution in [1.82, 2.24) is 0 Å². The number of rotatable bonds is 0. The topological polar surface area (TPSA) is 0 Å². The van der Waals surface area contributed by atoms with E-state index < -0.39 is 0 Å². The first kappa shape index (κ1) is 19.5. The van der Waals surface area contributed by atoms with E-state index in [0.717, 1.165) is 9.75 Å². The zero-order chi connectivity index (χ0) is 21.7. The van der Waals surface area contributed by atoms with Gasteiger partial charge in [-0.2, -0.15) is 0 Å². The minimum atomic E-state index is 1.07. The average Bonchev–Trinajstić information content (AvgIpc) is 3.53. The molecule has 0 aliphatic carbocycles. The first-order chi connectivity index (χ1) is 15.8. The summed E-state index contributed by atoms with van der Waals surface area (Å²) in [6.45, 7) is 3.62. The van der Waals surface area contributed by atoms with Gasteiger partial charge in [-0.3, -0.25) is 0 Å². The number of hydrogen-bond acceptors (Lipinski definition) is 4. The molecule has 0 atom stereocenters. The molecule has 4 aromatic heterocycles. The highest BCUT2D eigenvalue weighted by Crippen LogP contribution is 2.49. The molecule has 0 fully saturated rings. The van der Waals surface area contributed by atoms with E-state index in [1.807, 2.05) is 36.5 Å². The van der Waals surface area contributed by atoms with Crippen LogP contribution in [-0.4, -0.2) is 0 Å². The zero-order valence-corrected chi connectivity index (χ0v) is 20.4. The minimum Gasteiger partial charge on any atom is -0.133 e. The highest BCUT2D eigenvalue weighted by Gasteiger charge is 2.17. The van der Waals surface area contributed by atoms with E-state index in [9.17, 15) is 0 Å². The van der Waals surface area contributed by atoms with Gasteiger partial charge in [0.2, 0.25) is 0 Å². The van der Waals surface area contributed by atoms with Crippen LogP contribution in [0.5, 0.6) is 0 Å². The Kier molecular flexibility index (Phi) is 4.70. The molecule has 0 nitrogen and oxygen atoms in total. The van der Waals surface area contributed by atoms with Crippen LogP contribution in [0.2, 0.25) is 0 Å². The molecule has 0 bridgehead atoms. The summed E-state index contributed by atoms with van der Waals surface area (Å²) in [5.41, 5.74) is 0. The molecule has 0 aliphatic rings. The lowest BCUT2D eigenvalue weighted by atomic mass is 10.1. The Hall–Kier alpha value is -3.22. The first-order valence-electron chi connectivity index (χ1n) is 9.86. The molecule has 0 N–H and O–H groups in total. The summed E-state index contributed by atoms with van der Waals surface area (Å²) in [5.74, 6) is 23.5. The lowest BCUT2D eigenvalue weighted by Gasteiger charge is -1.94. The van der Waals surface area contributed by atoms with E-state index >= 15 is 0 Å². The van der Waals surface area contributed by atoms with Crippen molar-refractivity contribution in [1.29, 1.82) is 0 Å². The van der Waals surface area contributed by atoms with Gasteiger partial charge in [0.25, 0.3) is 0 Å². The molecule has 6 aromatic rings. The Balaban J connectivity index is 1.59. The van der Waals surface area contributed by atoms with Crippen LogP contribution in [0.3, 0.4) is 0 Å². The number of fused-ring (bicyclic) bond motifs is 9. The molecular formula is C28H12S4. The minimum absolute atomic E-state index is 1.07. The highest BCUT2D eigenvalue weighted by molar-refractivity contribution is 7.38. The molecule has 0 aliphatic heterocycles. The standard InChI is InChI=1S/C28H12S4/c1-3-5-7-9-17-15-21-23(29-17)13-11-19-25(21)31-28-20-12-14-24-22(26(20)32-27(19)28)16-18(30-24)10-8-6-4-2/h11-16H,1-2H3. The van der Waals surface area contributed by atoms with Crippen LogP contribution in [-0.2, 0) is 0 Å². The zero-order valence-electron chi connectivity index (χ0n) is 17.1. The summed E-state index contributed by atoms with van der Waals surface area (Å²) in [7, 11) is 0. The average molecular weight is 477 g/mol. The molecular weight excluding hydrogens is 465 g/mol. The summed E-state index contributed by atoms with van der Waals surface area (Å²) >= 11 is 7.28. The largest absolute Gasteiger partial charge is 0.133 e. The van der Waals surface area contributed by atoms with Crippen molar-refractivity contribution < 1.29 is 0 Å². The third-order valence-corrected chi connectivity index (χ3v) is 9.86. The van der Waals surface area contributed by atoms with Crippen molar-refractivity contribution in [2.45, 2.75) is 13.8 Å². The van der Waals surface area contributed by atoms with Crippen molar-refractivity contribution in [2.75, 3.05) is 0 Å². The van der Waals surface area contributed by atoms with Crippen LogP contribution in [0.25, 0.3) is 49.7 Å². The van der Waals surface area contributed by atoms with E-state index in [1.54, 1.807) is 22.7 Å². The second kappa shape index (κ2) is 7.73. The van der Waals surface area contributed by atoms with Gasteiger partial charge in [-0.1, -0.05) is 24.0 Å². The molecule has 148 valence electrons. The maximum atomic E-state index is 3.18. The van der Waals surface area contributed by atoms with Crippen molar-refractivity contribution >= 4 is 95.1 Å². The van der Waals surface area contributed by atoms with Gasteiger partial charge in [0.05, 0.1) is 19.2 Å². The van der Waals surface area contributed by atoms with E-state index in [0.29, 0.717) is 0 Å². The van der Waals surface area contributed by atoms with Gasteiger partial charge in [-0.15, -0.1) is 45.3 Å². The Morgan fingerprint density at radius 3 is 1.41 bits per heavy atom. The molecule has 4 heterocycles. The maximum Gasteiger partial charge on any atom is 0.0791 e. The second-order valence-electron chi connectivity index (χ2n) is 7.04. The van der Waals surface area contributed by atoms with Crippen molar-refractivity contribution in [3.63, 3.8) is 0 Å². The molecule has 6 rings (SSSR count). The normalized spacial score (nSPS) is 10.4. The smallest absolute Gasteiger partial charge is 0.0791 e. The van der Waals surface area contributed by atoms with Crippen LogP contribution in [0.4, 0.5) is 0 Å². The van der Waals surface area contributed by atoms with Gasteiger partial charge in [0, 0.05) is 40.3 Å². The van der Waals surface area contributed by atoms with Crippen molar-refractivity contribution in [3.8, 4) is 47.4 Å². The van der Waals surface area contributed by atoms with E-state index in [-0.39, 0.29) is 0 Å². The van der Waals surface area contributed by atoms with Crippen LogP contribution < -0.4 is 0 Å². The van der Waals surface area contributed by atoms with Crippen LogP contribution in [0.15, 0.2) is 36.4 Å². The lowest BCUT2D eigenvalue weighted by molar-refractivity contribution is 1.92. The molecule has 0 radical (unpaired) electrons. The predicted molar refractivity (Wildman–Crippen MR) is 146 cm³/mol. The first-order valence-corrected chi connectivity index (χ1v) is 13.1. The molecule has 0 saturated carbocycles. The Morgan fingerprint density at radius 2 is 0.969 bits per heavy atom.